The molecule has 1 heterocycles. The van der Waals surface area contributed by atoms with E-state index in [1.54, 1.807) is 55.7 Å². The van der Waals surface area contributed by atoms with E-state index in [0.717, 1.165) is 0 Å². The van der Waals surface area contributed by atoms with E-state index in [-0.39, 0.29) is 25.3 Å². The van der Waals surface area contributed by atoms with Gasteiger partial charge in [0.05, 0.1) is 31.5 Å². The summed E-state index contributed by atoms with van der Waals surface area (Å²) in [4.78, 5) is 40.7. The SMILES string of the molecule is CCOC(=O)CC(NC(=O)CC(N)C(=O)Nc1ccc(C(=N)N)cc1)c1cccnc1. The molecule has 0 aliphatic rings. The van der Waals surface area contributed by atoms with Gasteiger partial charge in [0.15, 0.2) is 0 Å². The van der Waals surface area contributed by atoms with Crippen molar-refractivity contribution in [2.75, 3.05) is 11.9 Å². The fourth-order valence-electron chi connectivity index (χ4n) is 2.73. The van der Waals surface area contributed by atoms with Crippen molar-refractivity contribution in [3.63, 3.8) is 0 Å². The first-order valence-electron chi connectivity index (χ1n) is 9.66. The molecule has 7 N–H and O–H groups in total. The predicted molar refractivity (Wildman–Crippen MR) is 115 cm³/mol. The van der Waals surface area contributed by atoms with Gasteiger partial charge >= 0.3 is 5.97 Å². The highest BCUT2D eigenvalue weighted by Gasteiger charge is 2.23. The molecule has 10 nitrogen and oxygen atoms in total. The summed E-state index contributed by atoms with van der Waals surface area (Å²) in [5.41, 5.74) is 12.9. The fraction of sp³-hybridized carbons (Fsp3) is 0.286. The predicted octanol–water partition coefficient (Wildman–Crippen LogP) is 0.832. The molecule has 0 aliphatic heterocycles. The van der Waals surface area contributed by atoms with Crippen LogP contribution in [0.1, 0.15) is 36.9 Å². The number of carbonyl (C=O) groups is 3. The number of nitrogens with zero attached hydrogens (tertiary/aromatic N) is 1. The van der Waals surface area contributed by atoms with Gasteiger partial charge in [0.25, 0.3) is 0 Å². The Bertz CT molecular complexity index is 917. The molecule has 1 aromatic heterocycles. The lowest BCUT2D eigenvalue weighted by atomic mass is 10.0. The minimum Gasteiger partial charge on any atom is -0.466 e. The number of carbonyl (C=O) groups excluding carboxylic acids is 3. The summed E-state index contributed by atoms with van der Waals surface area (Å²) in [6.45, 7) is 1.92. The second kappa shape index (κ2) is 11.4. The van der Waals surface area contributed by atoms with Crippen LogP contribution >= 0.6 is 0 Å². The van der Waals surface area contributed by atoms with E-state index in [0.29, 0.717) is 16.8 Å². The number of anilines is 1. The molecule has 0 bridgehead atoms. The number of aromatic nitrogens is 1. The molecule has 2 atom stereocenters. The molecule has 2 rings (SSSR count). The Hall–Kier alpha value is -3.79. The van der Waals surface area contributed by atoms with E-state index >= 15 is 0 Å². The van der Waals surface area contributed by atoms with Crippen molar-refractivity contribution in [1.82, 2.24) is 10.3 Å². The largest absolute Gasteiger partial charge is 0.466 e. The second-order valence-electron chi connectivity index (χ2n) is 6.71. The summed E-state index contributed by atoms with van der Waals surface area (Å²) in [6.07, 6.45) is 2.77. The van der Waals surface area contributed by atoms with Crippen LogP contribution in [0.15, 0.2) is 48.8 Å². The van der Waals surface area contributed by atoms with Crippen LogP contribution in [0.25, 0.3) is 0 Å². The van der Waals surface area contributed by atoms with E-state index in [4.69, 9.17) is 21.6 Å². The number of hydrogen-bond acceptors (Lipinski definition) is 7. The zero-order valence-electron chi connectivity index (χ0n) is 17.1. The average Bonchev–Trinajstić information content (AvgIpc) is 2.74. The van der Waals surface area contributed by atoms with Gasteiger partial charge < -0.3 is 26.8 Å². The zero-order valence-corrected chi connectivity index (χ0v) is 17.1. The molecule has 0 saturated heterocycles. The Balaban J connectivity index is 1.96. The molecule has 2 amide bonds. The number of benzene rings is 1. The minimum absolute atomic E-state index is 0.0742. The number of nitrogens with two attached hydrogens (primary N) is 2. The molecule has 2 unspecified atom stereocenters. The lowest BCUT2D eigenvalue weighted by molar-refractivity contribution is -0.144. The van der Waals surface area contributed by atoms with Crippen LogP contribution in [-0.2, 0) is 19.1 Å². The molecule has 2 aromatic rings. The third kappa shape index (κ3) is 7.52. The van der Waals surface area contributed by atoms with E-state index in [1.165, 1.54) is 0 Å². The zero-order chi connectivity index (χ0) is 22.8. The van der Waals surface area contributed by atoms with Gasteiger partial charge in [-0.25, -0.2) is 0 Å². The molecule has 10 heteroatoms. The van der Waals surface area contributed by atoms with E-state index in [2.05, 4.69) is 15.6 Å². The summed E-state index contributed by atoms with van der Waals surface area (Å²) in [5, 5.41) is 12.7. The maximum absolute atomic E-state index is 12.5. The van der Waals surface area contributed by atoms with Crippen LogP contribution in [0.2, 0.25) is 0 Å². The standard InChI is InChI=1S/C21H26N6O4/c1-2-31-19(29)11-17(14-4-3-9-25-12-14)27-18(28)10-16(22)21(30)26-15-7-5-13(6-8-15)20(23)24/h3-9,12,16-17H,2,10-11,22H2,1H3,(H3,23,24)(H,26,30)(H,27,28). The number of nitrogen functional groups attached to an aromatic ring is 1. The molecule has 0 spiro atoms. The fourth-order valence-corrected chi connectivity index (χ4v) is 2.73. The van der Waals surface area contributed by atoms with Crippen molar-refractivity contribution >= 4 is 29.3 Å². The number of esters is 1. The molecular formula is C21H26N6O4. The van der Waals surface area contributed by atoms with Crippen molar-refractivity contribution in [3.05, 3.63) is 59.9 Å². The Morgan fingerprint density at radius 2 is 1.87 bits per heavy atom. The Morgan fingerprint density at radius 3 is 2.45 bits per heavy atom. The first-order valence-corrected chi connectivity index (χ1v) is 9.66. The van der Waals surface area contributed by atoms with Crippen molar-refractivity contribution in [2.24, 2.45) is 11.5 Å². The smallest absolute Gasteiger partial charge is 0.308 e. The number of nitrogens with one attached hydrogen (secondary N) is 3. The van der Waals surface area contributed by atoms with E-state index in [1.807, 2.05) is 0 Å². The number of amidine groups is 1. The number of hydrogen-bond donors (Lipinski definition) is 5. The van der Waals surface area contributed by atoms with Crippen molar-refractivity contribution in [1.29, 1.82) is 5.41 Å². The highest BCUT2D eigenvalue weighted by molar-refractivity contribution is 5.98. The summed E-state index contributed by atoms with van der Waals surface area (Å²) < 4.78 is 4.96. The molecule has 0 aliphatic carbocycles. The van der Waals surface area contributed by atoms with Gasteiger partial charge in [0.2, 0.25) is 11.8 Å². The lowest BCUT2D eigenvalue weighted by Gasteiger charge is -2.19. The minimum atomic E-state index is -1.11. The van der Waals surface area contributed by atoms with Crippen molar-refractivity contribution in [2.45, 2.75) is 31.8 Å². The van der Waals surface area contributed by atoms with Crippen molar-refractivity contribution in [3.8, 4) is 0 Å². The lowest BCUT2D eigenvalue weighted by Crippen LogP contribution is -2.41. The normalized spacial score (nSPS) is 12.3. The van der Waals surface area contributed by atoms with E-state index < -0.39 is 29.9 Å². The van der Waals surface area contributed by atoms with Gasteiger partial charge in [-0.3, -0.25) is 24.8 Å². The summed E-state index contributed by atoms with van der Waals surface area (Å²) in [7, 11) is 0. The third-order valence-electron chi connectivity index (χ3n) is 4.30. The van der Waals surface area contributed by atoms with Crippen LogP contribution in [0.3, 0.4) is 0 Å². The number of pyridine rings is 1. The monoisotopic (exact) mass is 426 g/mol. The molecular weight excluding hydrogens is 400 g/mol. The van der Waals surface area contributed by atoms with Crippen LogP contribution < -0.4 is 22.1 Å². The maximum atomic E-state index is 12.5. The quantitative estimate of drug-likeness (QED) is 0.212. The van der Waals surface area contributed by atoms with Crippen LogP contribution in [0, 0.1) is 5.41 Å². The molecule has 1 aromatic carbocycles. The first kappa shape index (κ1) is 23.5. The second-order valence-corrected chi connectivity index (χ2v) is 6.71. The van der Waals surface area contributed by atoms with Gasteiger partial charge in [-0.2, -0.15) is 0 Å². The maximum Gasteiger partial charge on any atom is 0.308 e. The van der Waals surface area contributed by atoms with Crippen LogP contribution in [0.4, 0.5) is 5.69 Å². The number of ether oxygens (including phenoxy) is 1. The van der Waals surface area contributed by atoms with E-state index in [9.17, 15) is 14.4 Å². The summed E-state index contributed by atoms with van der Waals surface area (Å²) in [6, 6.07) is 8.00. The molecule has 0 fully saturated rings. The highest BCUT2D eigenvalue weighted by Crippen LogP contribution is 2.17. The van der Waals surface area contributed by atoms with Gasteiger partial charge in [-0.1, -0.05) is 6.07 Å². The Kier molecular flexibility index (Phi) is 8.64. The van der Waals surface area contributed by atoms with Gasteiger partial charge in [-0.05, 0) is 42.8 Å². The van der Waals surface area contributed by atoms with Crippen molar-refractivity contribution < 1.29 is 19.1 Å². The average molecular weight is 426 g/mol. The van der Waals surface area contributed by atoms with Crippen LogP contribution in [-0.4, -0.2) is 41.3 Å². The topological polar surface area (TPSA) is 173 Å². The Morgan fingerprint density at radius 1 is 1.16 bits per heavy atom. The molecule has 0 saturated carbocycles. The summed E-state index contributed by atoms with van der Waals surface area (Å²) >= 11 is 0. The van der Waals surface area contributed by atoms with Gasteiger partial charge in [0, 0.05) is 23.6 Å². The summed E-state index contributed by atoms with van der Waals surface area (Å²) in [5.74, 6) is -1.59. The van der Waals surface area contributed by atoms with Gasteiger partial charge in [-0.15, -0.1) is 0 Å². The Labute approximate surface area is 179 Å². The number of amides is 2. The first-order chi connectivity index (χ1) is 14.8. The van der Waals surface area contributed by atoms with Gasteiger partial charge in [0.1, 0.15) is 5.84 Å². The third-order valence-corrected chi connectivity index (χ3v) is 4.30. The molecule has 31 heavy (non-hydrogen) atoms. The highest BCUT2D eigenvalue weighted by atomic mass is 16.5. The number of rotatable bonds is 10. The van der Waals surface area contributed by atoms with Crippen LogP contribution in [0.5, 0.6) is 0 Å². The molecule has 164 valence electrons. The molecule has 0 radical (unpaired) electrons.